The summed E-state index contributed by atoms with van der Waals surface area (Å²) in [6.45, 7) is 3.33. The van der Waals surface area contributed by atoms with Crippen LogP contribution in [0.2, 0.25) is 0 Å². The van der Waals surface area contributed by atoms with Gasteiger partial charge in [0, 0.05) is 6.20 Å². The van der Waals surface area contributed by atoms with Crippen molar-refractivity contribution in [2.75, 3.05) is 0 Å². The molecule has 0 saturated carbocycles. The Kier molecular flexibility index (Phi) is 2.36. The second kappa shape index (κ2) is 3.08. The van der Waals surface area contributed by atoms with Crippen molar-refractivity contribution in [3.05, 3.63) is 21.2 Å². The Labute approximate surface area is 66.2 Å². The Morgan fingerprint density at radius 3 is 3.11 bits per heavy atom. The van der Waals surface area contributed by atoms with E-state index in [0.717, 1.165) is 8.84 Å². The van der Waals surface area contributed by atoms with Crippen LogP contribution in [-0.2, 0) is 0 Å². The molecule has 1 N–H and O–H groups in total. The van der Waals surface area contributed by atoms with Gasteiger partial charge >= 0.3 is 0 Å². The Bertz CT molecular complexity index is 185. The lowest BCUT2D eigenvalue weighted by Crippen LogP contribution is -1.93. The lowest BCUT2D eigenvalue weighted by molar-refractivity contribution is 1.18. The molecule has 1 rings (SSSR count). The summed E-state index contributed by atoms with van der Waals surface area (Å²) < 4.78 is 1.07. The molecule has 1 aliphatic rings. The summed E-state index contributed by atoms with van der Waals surface area (Å²) in [5, 5.41) is 3.99. The van der Waals surface area contributed by atoms with Gasteiger partial charge in [-0.2, -0.15) is 0 Å². The summed E-state index contributed by atoms with van der Waals surface area (Å²) in [5.74, 6) is 0. The molecule has 0 bridgehead atoms. The van der Waals surface area contributed by atoms with Gasteiger partial charge < -0.3 is 5.32 Å². The normalized spacial score (nSPS) is 21.4. The number of thioether (sulfide) groups is 1. The van der Waals surface area contributed by atoms with Crippen LogP contribution in [0.3, 0.4) is 0 Å². The number of nitrogens with zero attached hydrogens (tertiary/aromatic N) is 1. The minimum absolute atomic E-state index is 0.997. The van der Waals surface area contributed by atoms with Crippen molar-refractivity contribution in [1.29, 1.82) is 0 Å². The van der Waals surface area contributed by atoms with Crippen molar-refractivity contribution in [2.24, 2.45) is 4.99 Å². The predicted molar refractivity (Wildman–Crippen MR) is 45.4 cm³/mol. The molecule has 9 heavy (non-hydrogen) atoms. The second-order valence-electron chi connectivity index (χ2n) is 1.37. The fourth-order valence-electron chi connectivity index (χ4n) is 0.438. The maximum atomic E-state index is 3.60. The summed E-state index contributed by atoms with van der Waals surface area (Å²) in [4.78, 5) is 3.60. The summed E-state index contributed by atoms with van der Waals surface area (Å²) in [5.41, 5.74) is 0. The highest BCUT2D eigenvalue weighted by Gasteiger charge is 2.05. The average Bonchev–Trinajstić information content (AvgIpc) is 2.17. The van der Waals surface area contributed by atoms with Gasteiger partial charge in [-0.1, -0.05) is 11.8 Å². The first-order valence-electron chi connectivity index (χ1n) is 2.29. The molecular formula is C5H5BrN2S. The van der Waals surface area contributed by atoms with Crippen molar-refractivity contribution in [3.8, 4) is 0 Å². The predicted octanol–water partition coefficient (Wildman–Crippen LogP) is 2.02. The number of hydrogen-bond donors (Lipinski definition) is 1. The Morgan fingerprint density at radius 2 is 2.67 bits per heavy atom. The molecule has 48 valence electrons. The smallest absolute Gasteiger partial charge is 0.0961 e. The number of nitrogens with one attached hydrogen (secondary N) is 1. The SMILES string of the molecule is C=N/C=C1\NC=C(Br)S1. The fraction of sp³-hybridized carbons (Fsp3) is 0. The molecule has 0 unspecified atom stereocenters. The molecule has 0 fully saturated rings. The first kappa shape index (κ1) is 6.89. The molecule has 4 heteroatoms. The molecule has 0 saturated heterocycles. The van der Waals surface area contributed by atoms with Gasteiger partial charge in [0.2, 0.25) is 0 Å². The highest BCUT2D eigenvalue weighted by atomic mass is 79.9. The van der Waals surface area contributed by atoms with E-state index in [1.807, 2.05) is 6.20 Å². The van der Waals surface area contributed by atoms with E-state index in [1.165, 1.54) is 0 Å². The zero-order valence-electron chi connectivity index (χ0n) is 4.60. The molecule has 0 amide bonds. The number of aliphatic imine (C=N–C) groups is 1. The molecule has 0 atom stereocenters. The summed E-state index contributed by atoms with van der Waals surface area (Å²) in [6.07, 6.45) is 3.54. The van der Waals surface area contributed by atoms with E-state index >= 15 is 0 Å². The van der Waals surface area contributed by atoms with Gasteiger partial charge in [-0.25, -0.2) is 0 Å². The van der Waals surface area contributed by atoms with E-state index in [9.17, 15) is 0 Å². The fourth-order valence-corrected chi connectivity index (χ4v) is 1.65. The van der Waals surface area contributed by atoms with Crippen LogP contribution in [0.25, 0.3) is 0 Å². The third kappa shape index (κ3) is 1.87. The molecule has 1 aliphatic heterocycles. The number of halogens is 1. The first-order chi connectivity index (χ1) is 4.33. The van der Waals surface area contributed by atoms with E-state index in [4.69, 9.17) is 0 Å². The Morgan fingerprint density at radius 1 is 1.89 bits per heavy atom. The topological polar surface area (TPSA) is 24.4 Å². The van der Waals surface area contributed by atoms with Crippen molar-refractivity contribution < 1.29 is 0 Å². The minimum atomic E-state index is 0.997. The zero-order valence-corrected chi connectivity index (χ0v) is 7.00. The molecule has 0 aromatic heterocycles. The van der Waals surface area contributed by atoms with Crippen molar-refractivity contribution >= 4 is 34.4 Å². The maximum Gasteiger partial charge on any atom is 0.0961 e. The zero-order chi connectivity index (χ0) is 6.69. The van der Waals surface area contributed by atoms with Gasteiger partial charge in [-0.3, -0.25) is 4.99 Å². The van der Waals surface area contributed by atoms with Gasteiger partial charge in [-0.05, 0) is 22.6 Å². The van der Waals surface area contributed by atoms with Crippen molar-refractivity contribution in [2.45, 2.75) is 0 Å². The molecule has 0 radical (unpaired) electrons. The molecule has 1 heterocycles. The van der Waals surface area contributed by atoms with Crippen LogP contribution in [-0.4, -0.2) is 6.72 Å². The van der Waals surface area contributed by atoms with E-state index in [-0.39, 0.29) is 0 Å². The van der Waals surface area contributed by atoms with Gasteiger partial charge in [0.25, 0.3) is 0 Å². The highest BCUT2D eigenvalue weighted by Crippen LogP contribution is 2.32. The van der Waals surface area contributed by atoms with Crippen molar-refractivity contribution in [1.82, 2.24) is 5.32 Å². The van der Waals surface area contributed by atoms with Crippen LogP contribution in [0.5, 0.6) is 0 Å². The second-order valence-corrected chi connectivity index (χ2v) is 3.83. The van der Waals surface area contributed by atoms with E-state index in [1.54, 1.807) is 18.0 Å². The van der Waals surface area contributed by atoms with Gasteiger partial charge in [-0.15, -0.1) is 0 Å². The molecular weight excluding hydrogens is 200 g/mol. The number of rotatable bonds is 1. The lowest BCUT2D eigenvalue weighted by atomic mass is 10.8. The quantitative estimate of drug-likeness (QED) is 0.662. The largest absolute Gasteiger partial charge is 0.353 e. The summed E-state index contributed by atoms with van der Waals surface area (Å²) in [7, 11) is 0. The van der Waals surface area contributed by atoms with Crippen LogP contribution in [0, 0.1) is 0 Å². The molecule has 0 aliphatic carbocycles. The van der Waals surface area contributed by atoms with Crippen LogP contribution in [0.15, 0.2) is 26.2 Å². The maximum absolute atomic E-state index is 3.60. The third-order valence-electron chi connectivity index (χ3n) is 0.744. The van der Waals surface area contributed by atoms with Crippen LogP contribution in [0.1, 0.15) is 0 Å². The third-order valence-corrected chi connectivity index (χ3v) is 2.21. The summed E-state index contributed by atoms with van der Waals surface area (Å²) >= 11 is 4.89. The number of hydrogen-bond acceptors (Lipinski definition) is 3. The van der Waals surface area contributed by atoms with Gasteiger partial charge in [0.05, 0.1) is 15.0 Å². The van der Waals surface area contributed by atoms with Crippen LogP contribution < -0.4 is 5.32 Å². The summed E-state index contributed by atoms with van der Waals surface area (Å²) in [6, 6.07) is 0. The van der Waals surface area contributed by atoms with E-state index in [2.05, 4.69) is 33.0 Å². The minimum Gasteiger partial charge on any atom is -0.353 e. The van der Waals surface area contributed by atoms with Gasteiger partial charge in [0.15, 0.2) is 0 Å². The highest BCUT2D eigenvalue weighted by molar-refractivity contribution is 9.14. The lowest BCUT2D eigenvalue weighted by Gasteiger charge is -1.90. The monoisotopic (exact) mass is 204 g/mol. The van der Waals surface area contributed by atoms with Crippen molar-refractivity contribution in [3.63, 3.8) is 0 Å². The van der Waals surface area contributed by atoms with Crippen LogP contribution >= 0.6 is 27.7 Å². The van der Waals surface area contributed by atoms with E-state index in [0.29, 0.717) is 0 Å². The molecule has 0 aromatic carbocycles. The standard InChI is InChI=1S/C5H5BrN2S/c1-7-3-5-8-2-4(6)9-5/h2-3,8H,1H2/b5-3+. The van der Waals surface area contributed by atoms with Gasteiger partial charge in [0.1, 0.15) is 0 Å². The molecule has 0 aromatic rings. The Balaban J connectivity index is 2.55. The molecule has 0 spiro atoms. The van der Waals surface area contributed by atoms with Crippen LogP contribution in [0.4, 0.5) is 0 Å². The first-order valence-corrected chi connectivity index (χ1v) is 3.90. The average molecular weight is 205 g/mol. The Hall–Kier alpha value is -0.220. The van der Waals surface area contributed by atoms with E-state index < -0.39 is 0 Å². The molecule has 2 nitrogen and oxygen atoms in total.